The van der Waals surface area contributed by atoms with E-state index in [0.717, 1.165) is 45.4 Å². The minimum Gasteiger partial charge on any atom is -0.314 e. The van der Waals surface area contributed by atoms with Crippen LogP contribution in [0.1, 0.15) is 52.7 Å². The summed E-state index contributed by atoms with van der Waals surface area (Å²) in [5.74, 6) is 0. The van der Waals surface area contributed by atoms with Crippen molar-refractivity contribution in [2.75, 3.05) is 39.3 Å². The molecule has 2 aromatic rings. The molecular formula is C30H48N4P2. The van der Waals surface area contributed by atoms with Gasteiger partial charge in [-0.3, -0.25) is 0 Å². The summed E-state index contributed by atoms with van der Waals surface area (Å²) in [4.78, 5) is 0. The molecule has 3 atom stereocenters. The average Bonchev–Trinajstić information content (AvgIpc) is 2.87. The van der Waals surface area contributed by atoms with Gasteiger partial charge in [-0.1, -0.05) is 91.9 Å². The molecule has 0 bridgehead atoms. The Morgan fingerprint density at radius 2 is 1.31 bits per heavy atom. The summed E-state index contributed by atoms with van der Waals surface area (Å²) in [5.41, 5.74) is 5.60. The maximum absolute atomic E-state index is 3.91. The largest absolute Gasteiger partial charge is 0.314 e. The second kappa shape index (κ2) is 11.5. The van der Waals surface area contributed by atoms with Crippen LogP contribution in [-0.2, 0) is 11.3 Å². The molecule has 0 saturated carbocycles. The van der Waals surface area contributed by atoms with Crippen LogP contribution in [0.5, 0.6) is 0 Å². The van der Waals surface area contributed by atoms with E-state index in [1.165, 1.54) is 22.3 Å². The summed E-state index contributed by atoms with van der Waals surface area (Å²) in [6.45, 7) is 20.7. The van der Waals surface area contributed by atoms with Crippen molar-refractivity contribution in [3.05, 3.63) is 59.7 Å². The van der Waals surface area contributed by atoms with Crippen LogP contribution >= 0.6 is 17.2 Å². The lowest BCUT2D eigenvalue weighted by Gasteiger charge is -2.49. The lowest BCUT2D eigenvalue weighted by molar-refractivity contribution is 0.255. The Balaban J connectivity index is 1.88. The normalized spacial score (nSPS) is 23.4. The Morgan fingerprint density at radius 3 is 1.78 bits per heavy atom. The molecule has 0 spiro atoms. The predicted octanol–water partition coefficient (Wildman–Crippen LogP) is 5.13. The Hall–Kier alpha value is -0.860. The van der Waals surface area contributed by atoms with Crippen LogP contribution in [-0.4, -0.2) is 61.7 Å². The molecule has 4 nitrogen and oxygen atoms in total. The minimum absolute atomic E-state index is 0.141. The van der Waals surface area contributed by atoms with Gasteiger partial charge < -0.3 is 21.3 Å². The predicted molar refractivity (Wildman–Crippen MR) is 163 cm³/mol. The van der Waals surface area contributed by atoms with E-state index in [1.807, 2.05) is 0 Å². The third kappa shape index (κ3) is 6.23. The second-order valence-electron chi connectivity index (χ2n) is 12.5. The van der Waals surface area contributed by atoms with Gasteiger partial charge in [0.1, 0.15) is 0 Å². The maximum atomic E-state index is 3.91. The van der Waals surface area contributed by atoms with Gasteiger partial charge in [0.05, 0.1) is 0 Å². The summed E-state index contributed by atoms with van der Waals surface area (Å²) in [5, 5.41) is 15.6. The number of piperazine rings is 2. The first-order valence-electron chi connectivity index (χ1n) is 13.6. The van der Waals surface area contributed by atoms with E-state index in [0.29, 0.717) is 12.1 Å². The van der Waals surface area contributed by atoms with E-state index < -0.39 is 0 Å². The Bertz CT molecular complexity index is 952. The molecule has 0 radical (unpaired) electrons. The van der Waals surface area contributed by atoms with Gasteiger partial charge in [0.15, 0.2) is 0 Å². The zero-order valence-corrected chi connectivity index (χ0v) is 25.3. The topological polar surface area (TPSA) is 48.1 Å². The minimum atomic E-state index is -0.262. The summed E-state index contributed by atoms with van der Waals surface area (Å²) < 4.78 is 0. The first-order chi connectivity index (χ1) is 17.0. The average molecular weight is 527 g/mol. The molecule has 0 amide bonds. The fourth-order valence-electron chi connectivity index (χ4n) is 6.18. The number of nitrogens with one attached hydrogen (secondary N) is 4. The number of benzene rings is 2. The standard InChI is InChI=1S/C30H48N4P2/c1-28(2,3)36(29(4,5)6)21-24-13-12-23(22-10-8-7-9-11-22)18-25(24)30(35,26-19-31-14-16-33-26)27-20-32-15-17-34-27/h7-13,18,26-27,31-34H,14-17,19-21,35H2,1-6H3. The highest BCUT2D eigenvalue weighted by molar-refractivity contribution is 7.60. The number of hydrogen-bond donors (Lipinski definition) is 4. The quantitative estimate of drug-likeness (QED) is 0.395. The highest BCUT2D eigenvalue weighted by Crippen LogP contribution is 2.62. The van der Waals surface area contributed by atoms with Crippen LogP contribution in [0.3, 0.4) is 0 Å². The summed E-state index contributed by atoms with van der Waals surface area (Å²) in [6.07, 6.45) is 1.14. The van der Waals surface area contributed by atoms with Gasteiger partial charge in [-0.25, -0.2) is 0 Å². The molecule has 4 rings (SSSR count). The van der Waals surface area contributed by atoms with Crippen molar-refractivity contribution >= 4 is 17.2 Å². The van der Waals surface area contributed by atoms with Crippen LogP contribution in [0, 0.1) is 0 Å². The monoisotopic (exact) mass is 526 g/mol. The van der Waals surface area contributed by atoms with E-state index >= 15 is 0 Å². The molecule has 0 aliphatic carbocycles. The first kappa shape index (κ1) is 28.2. The second-order valence-corrected chi connectivity index (χ2v) is 17.3. The fourth-order valence-corrected chi connectivity index (χ4v) is 10.5. The smallest absolute Gasteiger partial charge is 0.0429 e. The van der Waals surface area contributed by atoms with E-state index in [2.05, 4.69) is 121 Å². The molecule has 3 unspecified atom stereocenters. The molecular weight excluding hydrogens is 478 g/mol. The van der Waals surface area contributed by atoms with Crippen LogP contribution in [0.2, 0.25) is 0 Å². The highest BCUT2D eigenvalue weighted by Gasteiger charge is 2.46. The van der Waals surface area contributed by atoms with Gasteiger partial charge in [-0.05, 0) is 44.8 Å². The van der Waals surface area contributed by atoms with Crippen molar-refractivity contribution in [1.82, 2.24) is 21.3 Å². The van der Waals surface area contributed by atoms with Crippen LogP contribution < -0.4 is 21.3 Å². The Labute approximate surface area is 223 Å². The van der Waals surface area contributed by atoms with Gasteiger partial charge in [0.25, 0.3) is 0 Å². The Kier molecular flexibility index (Phi) is 8.98. The van der Waals surface area contributed by atoms with Crippen molar-refractivity contribution < 1.29 is 0 Å². The molecule has 2 fully saturated rings. The Morgan fingerprint density at radius 1 is 0.750 bits per heavy atom. The van der Waals surface area contributed by atoms with E-state index in [9.17, 15) is 0 Å². The zero-order valence-electron chi connectivity index (χ0n) is 23.2. The van der Waals surface area contributed by atoms with Crippen molar-refractivity contribution in [1.29, 1.82) is 0 Å². The van der Waals surface area contributed by atoms with Crippen LogP contribution in [0.25, 0.3) is 11.1 Å². The van der Waals surface area contributed by atoms with Gasteiger partial charge in [-0.15, -0.1) is 9.24 Å². The van der Waals surface area contributed by atoms with E-state index in [1.54, 1.807) is 0 Å². The molecule has 2 aromatic carbocycles. The molecule has 6 heteroatoms. The molecule has 2 saturated heterocycles. The molecule has 4 N–H and O–H groups in total. The van der Waals surface area contributed by atoms with Gasteiger partial charge in [0.2, 0.25) is 0 Å². The third-order valence-corrected chi connectivity index (χ3v) is 12.9. The molecule has 0 aromatic heterocycles. The van der Waals surface area contributed by atoms with Crippen LogP contribution in [0.4, 0.5) is 0 Å². The first-order valence-corrected chi connectivity index (χ1v) is 15.8. The lowest BCUT2D eigenvalue weighted by atomic mass is 9.79. The van der Waals surface area contributed by atoms with Crippen LogP contribution in [0.15, 0.2) is 48.5 Å². The van der Waals surface area contributed by atoms with Crippen molar-refractivity contribution in [3.8, 4) is 11.1 Å². The molecule has 2 aliphatic rings. The van der Waals surface area contributed by atoms with Gasteiger partial charge >= 0.3 is 0 Å². The van der Waals surface area contributed by atoms with Gasteiger partial charge in [0, 0.05) is 56.5 Å². The van der Waals surface area contributed by atoms with E-state index in [-0.39, 0.29) is 23.4 Å². The van der Waals surface area contributed by atoms with Crippen molar-refractivity contribution in [2.24, 2.45) is 0 Å². The number of hydrogen-bond acceptors (Lipinski definition) is 4. The maximum Gasteiger partial charge on any atom is 0.0429 e. The summed E-state index contributed by atoms with van der Waals surface area (Å²) >= 11 is 0. The zero-order chi connectivity index (χ0) is 26.0. The highest BCUT2D eigenvalue weighted by atomic mass is 31.1. The molecule has 2 aliphatic heterocycles. The third-order valence-electron chi connectivity index (χ3n) is 7.87. The lowest BCUT2D eigenvalue weighted by Crippen LogP contribution is -2.66. The van der Waals surface area contributed by atoms with Crippen molar-refractivity contribution in [3.63, 3.8) is 0 Å². The summed E-state index contributed by atoms with van der Waals surface area (Å²) in [6, 6.07) is 18.9. The molecule has 36 heavy (non-hydrogen) atoms. The molecule has 2 heterocycles. The van der Waals surface area contributed by atoms with E-state index in [4.69, 9.17) is 0 Å². The molecule has 198 valence electrons. The SMILES string of the molecule is CC(C)(C)P(Cc1ccc(-c2ccccc2)cc1C(P)(C1CNCCN1)C1CNCCN1)C(C)(C)C. The van der Waals surface area contributed by atoms with Crippen molar-refractivity contribution in [2.45, 2.75) is 75.3 Å². The number of rotatable bonds is 6. The van der Waals surface area contributed by atoms with Gasteiger partial charge in [-0.2, -0.15) is 0 Å². The fraction of sp³-hybridized carbons (Fsp3) is 0.600. The summed E-state index contributed by atoms with van der Waals surface area (Å²) in [7, 11) is 3.12.